The molecule has 1 aliphatic carbocycles. The summed E-state index contributed by atoms with van der Waals surface area (Å²) in [7, 11) is -0.371. The highest BCUT2D eigenvalue weighted by molar-refractivity contribution is 6.53. The third-order valence-electron chi connectivity index (χ3n) is 11.1. The first-order valence-electron chi connectivity index (χ1n) is 17.3. The molecule has 2 unspecified atom stereocenters. The lowest BCUT2D eigenvalue weighted by Gasteiger charge is -2.34. The molecule has 5 aliphatic rings. The van der Waals surface area contributed by atoms with E-state index in [-0.39, 0.29) is 21.2 Å². The number of carbonyl (C=O) groups excluding carboxylic acids is 1. The van der Waals surface area contributed by atoms with Crippen LogP contribution in [0.2, 0.25) is 5.54 Å². The number of Topliss-reactive ketones (excluding diaryl/α,β-unsaturated/α-hetero) is 1. The van der Waals surface area contributed by atoms with Gasteiger partial charge in [0.05, 0.1) is 38.8 Å². The van der Waals surface area contributed by atoms with E-state index < -0.39 is 17.9 Å². The number of halogens is 1. The number of hydrogen-bond acceptors (Lipinski definition) is 6. The number of fused-ring (bicyclic) bond motifs is 2. The molecule has 0 bridgehead atoms. The summed E-state index contributed by atoms with van der Waals surface area (Å²) >= 11 is 0. The van der Waals surface area contributed by atoms with Crippen molar-refractivity contribution >= 4 is 38.4 Å². The number of carboxylic acid groups (broad SMARTS) is 1. The topological polar surface area (TPSA) is 93.9 Å². The predicted molar refractivity (Wildman–Crippen MR) is 182 cm³/mol. The van der Waals surface area contributed by atoms with E-state index in [9.17, 15) is 14.7 Å². The number of benzene rings is 3. The second kappa shape index (κ2) is 11.8. The Balaban J connectivity index is 0.914. The fourth-order valence-electron chi connectivity index (χ4n) is 8.03. The number of likely N-dealkylation sites (tertiary alicyclic amines) is 1. The van der Waals surface area contributed by atoms with Crippen molar-refractivity contribution in [2.45, 2.75) is 68.0 Å². The molecule has 4 aromatic rings. The second-order valence-electron chi connectivity index (χ2n) is 14.2. The zero-order chi connectivity index (χ0) is 32.5. The molecule has 8 nitrogen and oxygen atoms in total. The van der Waals surface area contributed by atoms with E-state index in [1.807, 2.05) is 24.3 Å². The third-order valence-corrected chi connectivity index (χ3v) is 13.4. The first-order valence-corrected chi connectivity index (χ1v) is 18.9. The summed E-state index contributed by atoms with van der Waals surface area (Å²) < 4.78 is 30.0. The lowest BCUT2D eigenvalue weighted by Crippen LogP contribution is -2.33. The number of hydrogen-bond donors (Lipinski definition) is 1. The molecular weight excluding hydrogens is 626 g/mol. The average Bonchev–Trinajstić information content (AvgIpc) is 4.01. The van der Waals surface area contributed by atoms with Gasteiger partial charge >= 0.3 is 5.97 Å². The van der Waals surface area contributed by atoms with Crippen molar-refractivity contribution < 1.29 is 28.6 Å². The summed E-state index contributed by atoms with van der Waals surface area (Å²) in [5, 5.41) is 9.68. The maximum atomic E-state index is 15.3. The van der Waals surface area contributed by atoms with Gasteiger partial charge in [-0.2, -0.15) is 0 Å². The van der Waals surface area contributed by atoms with Gasteiger partial charge in [-0.15, -0.1) is 0 Å². The Morgan fingerprint density at radius 2 is 1.79 bits per heavy atom. The van der Waals surface area contributed by atoms with E-state index >= 15 is 4.39 Å². The molecule has 0 radical (unpaired) electrons. The minimum atomic E-state index is -0.919. The van der Waals surface area contributed by atoms with Crippen LogP contribution in [0.25, 0.3) is 17.1 Å². The number of imidazole rings is 1. The van der Waals surface area contributed by atoms with Crippen LogP contribution in [0.4, 0.5) is 4.39 Å². The molecule has 246 valence electrons. The number of aromatic carboxylic acids is 1. The molecule has 4 aliphatic heterocycles. The first-order chi connectivity index (χ1) is 23.4. The summed E-state index contributed by atoms with van der Waals surface area (Å²) in [5.74, 6) is 0.902. The van der Waals surface area contributed by atoms with Gasteiger partial charge in [-0.1, -0.05) is 36.4 Å². The summed E-state index contributed by atoms with van der Waals surface area (Å²) in [6.45, 7) is 3.37. The summed E-state index contributed by atoms with van der Waals surface area (Å²) in [6.07, 6.45) is 8.54. The van der Waals surface area contributed by atoms with Crippen LogP contribution >= 0.6 is 0 Å². The van der Waals surface area contributed by atoms with Crippen molar-refractivity contribution in [3.63, 3.8) is 0 Å². The van der Waals surface area contributed by atoms with Crippen LogP contribution in [0.1, 0.15) is 93.0 Å². The smallest absolute Gasteiger partial charge is 0.335 e. The standard InChI is InChI=1S/C38H38FN3O5Si/c39-28-18-24(34(43)22-4-5-22)6-9-27(28)31-11-8-23-2-1-3-26(35(23)47-31)21-12-15-41(16-13-21)20-33-40-29-10-7-25(38(44)45)19-30(29)42(33)37-36(48-37)32-14-17-46-32/h1-3,6-11,18-19,21-22,31-32,36-37H,4-5,12-17,20,48H2,(H,44,45)/t31-,32+,36?,37?/m1/s1. The number of nitrogens with zero attached hydrogens (tertiary/aromatic N) is 3. The molecule has 0 amide bonds. The number of ketones is 1. The molecule has 4 atom stereocenters. The minimum absolute atomic E-state index is 0.0333. The Morgan fingerprint density at radius 3 is 2.52 bits per heavy atom. The van der Waals surface area contributed by atoms with Crippen molar-refractivity contribution in [2.75, 3.05) is 19.7 Å². The van der Waals surface area contributed by atoms with Crippen molar-refractivity contribution in [3.8, 4) is 5.75 Å². The fourth-order valence-corrected chi connectivity index (χ4v) is 10.2. The number of rotatable bonds is 9. The van der Waals surface area contributed by atoms with E-state index in [0.29, 0.717) is 39.9 Å². The number of ether oxygens (including phenoxy) is 2. The van der Waals surface area contributed by atoms with Crippen LogP contribution in [0.15, 0.2) is 60.7 Å². The van der Waals surface area contributed by atoms with Crippen LogP contribution < -0.4 is 4.74 Å². The van der Waals surface area contributed by atoms with E-state index in [1.54, 1.807) is 24.3 Å². The molecule has 4 fully saturated rings. The Labute approximate surface area is 280 Å². The normalized spacial score (nSPS) is 25.9. The number of para-hydroxylation sites is 1. The maximum absolute atomic E-state index is 15.3. The van der Waals surface area contributed by atoms with Gasteiger partial charge in [-0.3, -0.25) is 9.69 Å². The number of carboxylic acids is 1. The first kappa shape index (κ1) is 30.0. The molecule has 1 N–H and O–H groups in total. The lowest BCUT2D eigenvalue weighted by atomic mass is 9.87. The molecule has 3 saturated heterocycles. The quantitative estimate of drug-likeness (QED) is 0.167. The second-order valence-corrected chi connectivity index (χ2v) is 16.4. The van der Waals surface area contributed by atoms with Gasteiger partial charge in [0, 0.05) is 34.9 Å². The molecule has 48 heavy (non-hydrogen) atoms. The van der Waals surface area contributed by atoms with Gasteiger partial charge in [0.25, 0.3) is 0 Å². The number of carbonyl (C=O) groups is 2. The van der Waals surface area contributed by atoms with Crippen molar-refractivity contribution in [2.24, 2.45) is 5.92 Å². The van der Waals surface area contributed by atoms with Crippen LogP contribution in [0.3, 0.4) is 0 Å². The minimum Gasteiger partial charge on any atom is -0.481 e. The van der Waals surface area contributed by atoms with Gasteiger partial charge in [-0.05, 0) is 92.6 Å². The monoisotopic (exact) mass is 663 g/mol. The van der Waals surface area contributed by atoms with E-state index in [4.69, 9.17) is 14.5 Å². The van der Waals surface area contributed by atoms with E-state index in [0.717, 1.165) is 92.1 Å². The SMILES string of the molecule is O=C(O)c1ccc2nc(CN3CCC(c4cccc5c4O[C@@H](c4ccc(C(=O)C6CC6)cc4F)C=C5)CC3)n(C3[SiH2]C3[C@@H]3CCO3)c2c1. The van der Waals surface area contributed by atoms with Crippen molar-refractivity contribution in [1.82, 2.24) is 14.5 Å². The van der Waals surface area contributed by atoms with Gasteiger partial charge in [0.15, 0.2) is 5.78 Å². The van der Waals surface area contributed by atoms with Crippen LogP contribution in [-0.4, -0.2) is 66.6 Å². The summed E-state index contributed by atoms with van der Waals surface area (Å²) in [6, 6.07) is 16.3. The highest BCUT2D eigenvalue weighted by atomic mass is 28.2. The van der Waals surface area contributed by atoms with E-state index in [1.165, 1.54) is 6.07 Å². The lowest BCUT2D eigenvalue weighted by molar-refractivity contribution is -0.0494. The Bertz CT molecular complexity index is 1980. The van der Waals surface area contributed by atoms with Gasteiger partial charge in [0.1, 0.15) is 23.5 Å². The Hall–Kier alpha value is -4.12. The molecule has 10 heteroatoms. The van der Waals surface area contributed by atoms with E-state index in [2.05, 4.69) is 21.6 Å². The number of aromatic nitrogens is 2. The summed E-state index contributed by atoms with van der Waals surface area (Å²) in [5.41, 5.74) is 6.13. The zero-order valence-electron chi connectivity index (χ0n) is 26.7. The molecule has 5 heterocycles. The van der Waals surface area contributed by atoms with Gasteiger partial charge < -0.3 is 19.1 Å². The number of piperidine rings is 1. The van der Waals surface area contributed by atoms with Crippen molar-refractivity contribution in [1.29, 1.82) is 0 Å². The largest absolute Gasteiger partial charge is 0.481 e. The molecular formula is C38H38FN3O5Si. The van der Waals surface area contributed by atoms with Crippen LogP contribution in [-0.2, 0) is 11.3 Å². The summed E-state index contributed by atoms with van der Waals surface area (Å²) in [4.78, 5) is 31.8. The highest BCUT2D eigenvalue weighted by Crippen LogP contribution is 2.49. The van der Waals surface area contributed by atoms with Crippen LogP contribution in [0.5, 0.6) is 5.75 Å². The third kappa shape index (κ3) is 5.40. The van der Waals surface area contributed by atoms with Crippen molar-refractivity contribution in [3.05, 3.63) is 100 Å². The van der Waals surface area contributed by atoms with Crippen LogP contribution in [0, 0.1) is 11.7 Å². The average molecular weight is 664 g/mol. The molecule has 3 aromatic carbocycles. The fraction of sp³-hybridized carbons (Fsp3) is 0.395. The maximum Gasteiger partial charge on any atom is 0.335 e. The Morgan fingerprint density at radius 1 is 0.979 bits per heavy atom. The zero-order valence-corrected chi connectivity index (χ0v) is 28.1. The molecule has 1 aromatic heterocycles. The predicted octanol–water partition coefficient (Wildman–Crippen LogP) is 6.25. The van der Waals surface area contributed by atoms with Gasteiger partial charge in [0.2, 0.25) is 0 Å². The molecule has 1 saturated carbocycles. The molecule has 0 spiro atoms. The highest BCUT2D eigenvalue weighted by Gasteiger charge is 2.49. The molecule has 9 rings (SSSR count). The van der Waals surface area contributed by atoms with Gasteiger partial charge in [-0.25, -0.2) is 14.2 Å². The Kier molecular flexibility index (Phi) is 7.36.